The van der Waals surface area contributed by atoms with E-state index in [1.165, 1.54) is 12.1 Å². The molecule has 1 aromatic rings. The zero-order valence-electron chi connectivity index (χ0n) is 11.2. The lowest BCUT2D eigenvalue weighted by Gasteiger charge is -2.26. The van der Waals surface area contributed by atoms with Gasteiger partial charge in [-0.25, -0.2) is 0 Å². The number of likely N-dealkylation sites (N-methyl/N-ethyl adjacent to an activating group) is 1. The second-order valence-corrected chi connectivity index (χ2v) is 4.88. The van der Waals surface area contributed by atoms with Crippen LogP contribution in [0.25, 0.3) is 0 Å². The fourth-order valence-electron chi connectivity index (χ4n) is 2.74. The highest BCUT2D eigenvalue weighted by Gasteiger charge is 2.34. The summed E-state index contributed by atoms with van der Waals surface area (Å²) in [5.74, 6) is 0. The Bertz CT molecular complexity index is 443. The second kappa shape index (κ2) is 5.41. The van der Waals surface area contributed by atoms with Crippen molar-refractivity contribution >= 4 is 5.69 Å². The third kappa shape index (κ3) is 2.86. The molecule has 19 heavy (non-hydrogen) atoms. The molecular formula is C14H19F3N2. The molecule has 0 amide bonds. The highest BCUT2D eigenvalue weighted by atomic mass is 19.4. The van der Waals surface area contributed by atoms with E-state index >= 15 is 0 Å². The fourth-order valence-corrected chi connectivity index (χ4v) is 2.74. The molecule has 5 heteroatoms. The summed E-state index contributed by atoms with van der Waals surface area (Å²) >= 11 is 0. The van der Waals surface area contributed by atoms with Crippen LogP contribution in [0.4, 0.5) is 18.9 Å². The van der Waals surface area contributed by atoms with Crippen LogP contribution in [-0.4, -0.2) is 26.2 Å². The SMILES string of the molecule is CCN1c2cc(C(F)(F)F)ccc2CC1CCNC. The average Bonchev–Trinajstić information content (AvgIpc) is 2.71. The van der Waals surface area contributed by atoms with E-state index in [1.807, 2.05) is 14.0 Å². The summed E-state index contributed by atoms with van der Waals surface area (Å²) in [6.07, 6.45) is -2.49. The first-order chi connectivity index (χ1) is 8.97. The van der Waals surface area contributed by atoms with Crippen molar-refractivity contribution in [3.63, 3.8) is 0 Å². The summed E-state index contributed by atoms with van der Waals surface area (Å²) in [6.45, 7) is 3.60. The Morgan fingerprint density at radius 3 is 2.68 bits per heavy atom. The van der Waals surface area contributed by atoms with Crippen molar-refractivity contribution < 1.29 is 13.2 Å². The van der Waals surface area contributed by atoms with Crippen LogP contribution >= 0.6 is 0 Å². The number of nitrogens with one attached hydrogen (secondary N) is 1. The van der Waals surface area contributed by atoms with E-state index in [0.717, 1.165) is 37.2 Å². The van der Waals surface area contributed by atoms with E-state index in [0.29, 0.717) is 6.04 Å². The lowest BCUT2D eigenvalue weighted by molar-refractivity contribution is -0.137. The van der Waals surface area contributed by atoms with Crippen LogP contribution in [0, 0.1) is 0 Å². The predicted molar refractivity (Wildman–Crippen MR) is 70.5 cm³/mol. The maximum atomic E-state index is 12.8. The number of halogens is 3. The van der Waals surface area contributed by atoms with Gasteiger partial charge in [-0.05, 0) is 51.1 Å². The monoisotopic (exact) mass is 272 g/mol. The van der Waals surface area contributed by atoms with Gasteiger partial charge in [0.1, 0.15) is 0 Å². The maximum absolute atomic E-state index is 12.8. The number of benzene rings is 1. The fraction of sp³-hybridized carbons (Fsp3) is 0.571. The number of anilines is 1. The number of fused-ring (bicyclic) bond motifs is 1. The molecule has 0 fully saturated rings. The number of nitrogens with zero attached hydrogens (tertiary/aromatic N) is 1. The van der Waals surface area contributed by atoms with Gasteiger partial charge >= 0.3 is 6.18 Å². The lowest BCUT2D eigenvalue weighted by atomic mass is 10.1. The highest BCUT2D eigenvalue weighted by molar-refractivity contribution is 5.61. The molecule has 1 heterocycles. The quantitative estimate of drug-likeness (QED) is 0.906. The Kier molecular flexibility index (Phi) is 4.04. The van der Waals surface area contributed by atoms with Gasteiger partial charge in [0.05, 0.1) is 5.56 Å². The number of rotatable bonds is 4. The summed E-state index contributed by atoms with van der Waals surface area (Å²) in [5.41, 5.74) is 1.22. The number of alkyl halides is 3. The normalized spacial score (nSPS) is 18.8. The van der Waals surface area contributed by atoms with Gasteiger partial charge in [-0.3, -0.25) is 0 Å². The van der Waals surface area contributed by atoms with Crippen LogP contribution in [0.1, 0.15) is 24.5 Å². The first kappa shape index (κ1) is 14.2. The zero-order valence-corrected chi connectivity index (χ0v) is 11.2. The van der Waals surface area contributed by atoms with Crippen molar-refractivity contribution in [2.45, 2.75) is 32.0 Å². The summed E-state index contributed by atoms with van der Waals surface area (Å²) in [4.78, 5) is 2.09. The van der Waals surface area contributed by atoms with Crippen molar-refractivity contribution in [2.24, 2.45) is 0 Å². The van der Waals surface area contributed by atoms with Gasteiger partial charge in [-0.15, -0.1) is 0 Å². The molecule has 2 nitrogen and oxygen atoms in total. The zero-order chi connectivity index (χ0) is 14.0. The average molecular weight is 272 g/mol. The molecule has 1 unspecified atom stereocenters. The molecule has 0 saturated carbocycles. The molecular weight excluding hydrogens is 253 g/mol. The molecule has 0 radical (unpaired) electrons. The van der Waals surface area contributed by atoms with Crippen molar-refractivity contribution in [2.75, 3.05) is 25.0 Å². The van der Waals surface area contributed by atoms with E-state index in [-0.39, 0.29) is 0 Å². The van der Waals surface area contributed by atoms with Gasteiger partial charge in [0.2, 0.25) is 0 Å². The van der Waals surface area contributed by atoms with Crippen LogP contribution in [0.5, 0.6) is 0 Å². The van der Waals surface area contributed by atoms with Crippen molar-refractivity contribution in [1.82, 2.24) is 5.32 Å². The molecule has 0 saturated heterocycles. The van der Waals surface area contributed by atoms with Gasteiger partial charge < -0.3 is 10.2 Å². The van der Waals surface area contributed by atoms with Crippen LogP contribution in [0.3, 0.4) is 0 Å². The topological polar surface area (TPSA) is 15.3 Å². The van der Waals surface area contributed by atoms with Gasteiger partial charge in [0, 0.05) is 18.3 Å². The molecule has 0 spiro atoms. The summed E-state index contributed by atoms with van der Waals surface area (Å²) in [7, 11) is 1.89. The van der Waals surface area contributed by atoms with Gasteiger partial charge in [-0.2, -0.15) is 13.2 Å². The van der Waals surface area contributed by atoms with Crippen LogP contribution in [0.15, 0.2) is 18.2 Å². The van der Waals surface area contributed by atoms with Gasteiger partial charge in [0.15, 0.2) is 0 Å². The summed E-state index contributed by atoms with van der Waals surface area (Å²) < 4.78 is 38.3. The van der Waals surface area contributed by atoms with E-state index in [9.17, 15) is 13.2 Å². The minimum absolute atomic E-state index is 0.302. The Hall–Kier alpha value is -1.23. The molecule has 1 aliphatic heterocycles. The largest absolute Gasteiger partial charge is 0.416 e. The molecule has 2 rings (SSSR count). The lowest BCUT2D eigenvalue weighted by Crippen LogP contribution is -2.34. The van der Waals surface area contributed by atoms with Gasteiger partial charge in [0.25, 0.3) is 0 Å². The Morgan fingerprint density at radius 2 is 2.11 bits per heavy atom. The summed E-state index contributed by atoms with van der Waals surface area (Å²) in [6, 6.07) is 4.40. The second-order valence-electron chi connectivity index (χ2n) is 4.88. The van der Waals surface area contributed by atoms with E-state index in [4.69, 9.17) is 0 Å². The van der Waals surface area contributed by atoms with Crippen molar-refractivity contribution in [1.29, 1.82) is 0 Å². The number of hydrogen-bond donors (Lipinski definition) is 1. The third-order valence-electron chi connectivity index (χ3n) is 3.69. The molecule has 1 atom stereocenters. The number of hydrogen-bond acceptors (Lipinski definition) is 2. The Labute approximate surface area is 111 Å². The van der Waals surface area contributed by atoms with Crippen molar-refractivity contribution in [3.05, 3.63) is 29.3 Å². The van der Waals surface area contributed by atoms with Gasteiger partial charge in [-0.1, -0.05) is 6.07 Å². The molecule has 1 aromatic carbocycles. The van der Waals surface area contributed by atoms with Crippen LogP contribution in [-0.2, 0) is 12.6 Å². The van der Waals surface area contributed by atoms with Crippen molar-refractivity contribution in [3.8, 4) is 0 Å². The first-order valence-electron chi connectivity index (χ1n) is 6.58. The molecule has 0 aliphatic carbocycles. The molecule has 0 bridgehead atoms. The standard InChI is InChI=1S/C14H19F3N2/c1-3-19-12(6-7-18-2)8-10-4-5-11(9-13(10)19)14(15,16)17/h4-5,9,12,18H,3,6-8H2,1-2H3. The smallest absolute Gasteiger partial charge is 0.368 e. The maximum Gasteiger partial charge on any atom is 0.416 e. The minimum Gasteiger partial charge on any atom is -0.368 e. The first-order valence-corrected chi connectivity index (χ1v) is 6.58. The van der Waals surface area contributed by atoms with E-state index in [1.54, 1.807) is 6.07 Å². The van der Waals surface area contributed by atoms with E-state index in [2.05, 4.69) is 10.2 Å². The highest BCUT2D eigenvalue weighted by Crippen LogP contribution is 2.38. The Morgan fingerprint density at radius 1 is 1.37 bits per heavy atom. The predicted octanol–water partition coefficient (Wildman–Crippen LogP) is 3.07. The molecule has 0 aromatic heterocycles. The summed E-state index contributed by atoms with van der Waals surface area (Å²) in [5, 5.41) is 3.09. The van der Waals surface area contributed by atoms with Crippen LogP contribution < -0.4 is 10.2 Å². The van der Waals surface area contributed by atoms with Crippen LogP contribution in [0.2, 0.25) is 0 Å². The molecule has 106 valence electrons. The Balaban J connectivity index is 2.27. The molecule has 1 aliphatic rings. The minimum atomic E-state index is -4.27. The molecule has 1 N–H and O–H groups in total. The van der Waals surface area contributed by atoms with E-state index < -0.39 is 11.7 Å². The third-order valence-corrected chi connectivity index (χ3v) is 3.69.